The Morgan fingerprint density at radius 1 is 0.880 bits per heavy atom. The molecule has 0 unspecified atom stereocenters. The first kappa shape index (κ1) is 17.2. The van der Waals surface area contributed by atoms with E-state index in [1.165, 1.54) is 27.6 Å². The summed E-state index contributed by atoms with van der Waals surface area (Å²) in [5, 5.41) is 2.44. The molecule has 3 heteroatoms. The summed E-state index contributed by atoms with van der Waals surface area (Å²) in [6.07, 6.45) is 2.32. The highest BCUT2D eigenvalue weighted by Crippen LogP contribution is 2.26. The lowest BCUT2D eigenvalue weighted by molar-refractivity contribution is 0.938. The molecule has 0 atom stereocenters. The maximum atomic E-state index is 5.62. The number of benzene rings is 3. The van der Waals surface area contributed by atoms with Crippen LogP contribution in [0.25, 0.3) is 22.0 Å². The fourth-order valence-corrected chi connectivity index (χ4v) is 3.60. The molecule has 0 aliphatic rings. The van der Waals surface area contributed by atoms with Crippen molar-refractivity contribution in [2.75, 3.05) is 5.73 Å². The second-order valence-electron chi connectivity index (χ2n) is 5.85. The Bertz CT molecular complexity index is 929. The van der Waals surface area contributed by atoms with Gasteiger partial charge in [0, 0.05) is 16.1 Å². The lowest BCUT2D eigenvalue weighted by atomic mass is 10.1. The number of nitrogens with two attached hydrogens (primary N) is 1. The van der Waals surface area contributed by atoms with Gasteiger partial charge < -0.3 is 5.73 Å². The van der Waals surface area contributed by atoms with Crippen LogP contribution >= 0.6 is 11.3 Å². The Morgan fingerprint density at radius 2 is 1.60 bits per heavy atom. The Balaban J connectivity index is 0.000000150. The molecule has 2 N–H and O–H groups in total. The van der Waals surface area contributed by atoms with Crippen LogP contribution in [0.4, 0.5) is 5.69 Å². The summed E-state index contributed by atoms with van der Waals surface area (Å²) in [6.45, 7) is 2.20. The molecule has 1 heterocycles. The van der Waals surface area contributed by atoms with Gasteiger partial charge in [-0.15, -0.1) is 11.3 Å². The minimum absolute atomic E-state index is 0.823. The topological polar surface area (TPSA) is 38.9 Å². The molecular weight excluding hydrogens is 324 g/mol. The highest BCUT2D eigenvalue weighted by Gasteiger charge is 2.06. The maximum absolute atomic E-state index is 5.62. The van der Waals surface area contributed by atoms with Crippen LogP contribution in [0.1, 0.15) is 18.2 Å². The largest absolute Gasteiger partial charge is 0.399 e. The predicted molar refractivity (Wildman–Crippen MR) is 110 cm³/mol. The molecule has 0 saturated carbocycles. The summed E-state index contributed by atoms with van der Waals surface area (Å²) >= 11 is 1.76. The van der Waals surface area contributed by atoms with Crippen LogP contribution < -0.4 is 5.73 Å². The van der Waals surface area contributed by atoms with Gasteiger partial charge in [-0.3, -0.25) is 0 Å². The van der Waals surface area contributed by atoms with Gasteiger partial charge >= 0.3 is 0 Å². The van der Waals surface area contributed by atoms with E-state index in [1.807, 2.05) is 41.9 Å². The minimum Gasteiger partial charge on any atom is -0.399 e. The molecule has 1 aromatic heterocycles. The smallest absolute Gasteiger partial charge is 0.0843 e. The van der Waals surface area contributed by atoms with Crippen molar-refractivity contribution in [2.45, 2.75) is 19.8 Å². The van der Waals surface area contributed by atoms with Crippen molar-refractivity contribution in [3.05, 3.63) is 83.2 Å². The van der Waals surface area contributed by atoms with Crippen molar-refractivity contribution >= 4 is 27.8 Å². The number of hydrogen-bond donors (Lipinski definition) is 1. The van der Waals surface area contributed by atoms with Crippen molar-refractivity contribution in [1.29, 1.82) is 0 Å². The van der Waals surface area contributed by atoms with E-state index in [4.69, 9.17) is 5.73 Å². The molecule has 4 aromatic rings. The van der Waals surface area contributed by atoms with E-state index in [0.29, 0.717) is 0 Å². The second kappa shape index (κ2) is 8.45. The van der Waals surface area contributed by atoms with E-state index in [-0.39, 0.29) is 0 Å². The number of thiazole rings is 1. The third kappa shape index (κ3) is 4.46. The van der Waals surface area contributed by atoms with E-state index >= 15 is 0 Å². The average Bonchev–Trinajstić information content (AvgIpc) is 3.11. The van der Waals surface area contributed by atoms with Crippen molar-refractivity contribution in [2.24, 2.45) is 0 Å². The van der Waals surface area contributed by atoms with Gasteiger partial charge in [0.05, 0.1) is 11.2 Å². The zero-order chi connectivity index (χ0) is 17.5. The summed E-state index contributed by atoms with van der Waals surface area (Å²) in [6, 6.07) is 24.5. The molecule has 0 spiro atoms. The highest BCUT2D eigenvalue weighted by molar-refractivity contribution is 7.10. The molecule has 0 fully saturated rings. The Morgan fingerprint density at radius 3 is 2.36 bits per heavy atom. The van der Waals surface area contributed by atoms with Crippen molar-refractivity contribution in [3.8, 4) is 11.3 Å². The van der Waals surface area contributed by atoms with Crippen LogP contribution in [0.15, 0.2) is 78.3 Å². The van der Waals surface area contributed by atoms with Crippen LogP contribution in [-0.2, 0) is 6.42 Å². The van der Waals surface area contributed by atoms with Crippen LogP contribution in [-0.4, -0.2) is 4.98 Å². The summed E-state index contributed by atoms with van der Waals surface area (Å²) in [4.78, 5) is 5.83. The summed E-state index contributed by atoms with van der Waals surface area (Å²) in [5.74, 6) is 0. The van der Waals surface area contributed by atoms with E-state index in [1.54, 1.807) is 11.3 Å². The van der Waals surface area contributed by atoms with Crippen molar-refractivity contribution in [1.82, 2.24) is 4.98 Å². The monoisotopic (exact) mass is 346 g/mol. The quantitative estimate of drug-likeness (QED) is 0.450. The number of aryl methyl sites for hydroxylation is 1. The molecule has 0 radical (unpaired) electrons. The van der Waals surface area contributed by atoms with E-state index in [9.17, 15) is 0 Å². The molecule has 0 aliphatic carbocycles. The number of nitrogens with zero attached hydrogens (tertiary/aromatic N) is 1. The van der Waals surface area contributed by atoms with Gasteiger partial charge in [-0.1, -0.05) is 74.0 Å². The molecule has 2 nitrogen and oxygen atoms in total. The fraction of sp³-hybridized carbons (Fsp3) is 0.136. The van der Waals surface area contributed by atoms with Gasteiger partial charge in [0.2, 0.25) is 0 Å². The number of fused-ring (bicyclic) bond motifs is 1. The molecule has 0 amide bonds. The second-order valence-corrected chi connectivity index (χ2v) is 6.79. The maximum Gasteiger partial charge on any atom is 0.0843 e. The van der Waals surface area contributed by atoms with Gasteiger partial charge in [0.25, 0.3) is 0 Å². The molecule has 0 aliphatic heterocycles. The van der Waals surface area contributed by atoms with Gasteiger partial charge in [-0.25, -0.2) is 4.98 Å². The van der Waals surface area contributed by atoms with Gasteiger partial charge in [0.15, 0.2) is 0 Å². The normalized spacial score (nSPS) is 10.3. The van der Waals surface area contributed by atoms with Crippen LogP contribution in [0.3, 0.4) is 0 Å². The first-order valence-electron chi connectivity index (χ1n) is 8.50. The summed E-state index contributed by atoms with van der Waals surface area (Å²) < 4.78 is 0. The van der Waals surface area contributed by atoms with E-state index < -0.39 is 0 Å². The molecule has 3 aromatic carbocycles. The van der Waals surface area contributed by atoms with E-state index in [0.717, 1.165) is 17.8 Å². The first-order valence-corrected chi connectivity index (χ1v) is 9.38. The van der Waals surface area contributed by atoms with Gasteiger partial charge in [-0.2, -0.15) is 0 Å². The first-order chi connectivity index (χ1) is 12.3. The number of nitrogen functional groups attached to an aromatic ring is 1. The highest BCUT2D eigenvalue weighted by atomic mass is 32.1. The zero-order valence-corrected chi connectivity index (χ0v) is 15.2. The SMILES string of the molecule is CCCc1scnc1-c1ccccc1.Nc1ccc2ccccc2c1. The summed E-state index contributed by atoms with van der Waals surface area (Å²) in [7, 11) is 0. The zero-order valence-electron chi connectivity index (χ0n) is 14.4. The molecule has 4 rings (SSSR count). The van der Waals surface area contributed by atoms with Crippen molar-refractivity contribution in [3.63, 3.8) is 0 Å². The number of anilines is 1. The third-order valence-corrected chi connectivity index (χ3v) is 4.83. The molecule has 25 heavy (non-hydrogen) atoms. The average molecular weight is 346 g/mol. The number of rotatable bonds is 3. The minimum atomic E-state index is 0.823. The van der Waals surface area contributed by atoms with Crippen LogP contribution in [0, 0.1) is 0 Å². The van der Waals surface area contributed by atoms with Gasteiger partial charge in [-0.05, 0) is 29.3 Å². The van der Waals surface area contributed by atoms with Crippen LogP contribution in [0.5, 0.6) is 0 Å². The molecule has 0 saturated heterocycles. The number of aromatic nitrogens is 1. The lowest BCUT2D eigenvalue weighted by Crippen LogP contribution is -1.84. The Labute approximate surface area is 153 Å². The Hall–Kier alpha value is -2.65. The van der Waals surface area contributed by atoms with E-state index in [2.05, 4.69) is 48.3 Å². The van der Waals surface area contributed by atoms with Crippen molar-refractivity contribution < 1.29 is 0 Å². The third-order valence-electron chi connectivity index (χ3n) is 3.94. The molecular formula is C22H22N2S. The van der Waals surface area contributed by atoms with Crippen LogP contribution in [0.2, 0.25) is 0 Å². The molecule has 126 valence electrons. The standard InChI is InChI=1S/C12H13NS.C10H9N/c1-2-6-11-12(13-9-14-11)10-7-4-3-5-8-10;11-10-6-5-8-3-1-2-4-9(8)7-10/h3-5,7-9H,2,6H2,1H3;1-7H,11H2. The Kier molecular flexibility index (Phi) is 5.81. The lowest BCUT2D eigenvalue weighted by Gasteiger charge is -2.00. The summed E-state index contributed by atoms with van der Waals surface area (Å²) in [5.41, 5.74) is 10.8. The van der Waals surface area contributed by atoms with Gasteiger partial charge in [0.1, 0.15) is 0 Å². The fourth-order valence-electron chi connectivity index (χ4n) is 2.71. The number of hydrogen-bond acceptors (Lipinski definition) is 3. The molecule has 0 bridgehead atoms. The predicted octanol–water partition coefficient (Wildman–Crippen LogP) is 6.18.